The summed E-state index contributed by atoms with van der Waals surface area (Å²) in [5.41, 5.74) is 0.528. The summed E-state index contributed by atoms with van der Waals surface area (Å²) in [5, 5.41) is 8.74. The summed E-state index contributed by atoms with van der Waals surface area (Å²) < 4.78 is 16.5. The zero-order valence-corrected chi connectivity index (χ0v) is 13.5. The van der Waals surface area contributed by atoms with E-state index < -0.39 is 5.92 Å². The fraction of sp³-hybridized carbons (Fsp3) is 0.556. The number of carbonyl (C=O) groups is 1. The SMILES string of the molecule is CCCCCCC1OCC(C(=O)Oc2ccc(C#N)cc2)CO1. The summed E-state index contributed by atoms with van der Waals surface area (Å²) in [5.74, 6) is -0.340. The lowest BCUT2D eigenvalue weighted by Crippen LogP contribution is -2.38. The minimum Gasteiger partial charge on any atom is -0.426 e. The molecule has 124 valence electrons. The first-order chi connectivity index (χ1) is 11.2. The number of carbonyl (C=O) groups excluding carboxylic acids is 1. The molecule has 0 N–H and O–H groups in total. The number of benzene rings is 1. The quantitative estimate of drug-likeness (QED) is 0.438. The Hall–Kier alpha value is -1.90. The molecule has 23 heavy (non-hydrogen) atoms. The first-order valence-corrected chi connectivity index (χ1v) is 8.18. The van der Waals surface area contributed by atoms with Crippen LogP contribution in [-0.2, 0) is 14.3 Å². The van der Waals surface area contributed by atoms with Crippen LogP contribution in [0, 0.1) is 17.2 Å². The van der Waals surface area contributed by atoms with E-state index in [4.69, 9.17) is 19.5 Å². The van der Waals surface area contributed by atoms with E-state index in [2.05, 4.69) is 6.92 Å². The van der Waals surface area contributed by atoms with Gasteiger partial charge >= 0.3 is 5.97 Å². The molecule has 1 fully saturated rings. The van der Waals surface area contributed by atoms with Gasteiger partial charge in [-0.05, 0) is 37.1 Å². The van der Waals surface area contributed by atoms with Crippen molar-refractivity contribution in [2.45, 2.75) is 45.3 Å². The van der Waals surface area contributed by atoms with Crippen molar-refractivity contribution in [1.82, 2.24) is 0 Å². The Bertz CT molecular complexity index is 527. The molecule has 0 atom stereocenters. The summed E-state index contributed by atoms with van der Waals surface area (Å²) in [4.78, 5) is 12.1. The predicted octanol–water partition coefficient (Wildman–Crippen LogP) is 3.42. The van der Waals surface area contributed by atoms with Crippen LogP contribution in [0.15, 0.2) is 24.3 Å². The van der Waals surface area contributed by atoms with E-state index in [0.29, 0.717) is 24.5 Å². The highest BCUT2D eigenvalue weighted by Gasteiger charge is 2.28. The number of unbranched alkanes of at least 4 members (excludes halogenated alkanes) is 3. The van der Waals surface area contributed by atoms with Crippen molar-refractivity contribution in [1.29, 1.82) is 5.26 Å². The summed E-state index contributed by atoms with van der Waals surface area (Å²) in [6.45, 7) is 2.83. The molecule has 1 aliphatic heterocycles. The van der Waals surface area contributed by atoms with Gasteiger partial charge in [0.1, 0.15) is 11.7 Å². The molecule has 2 rings (SSSR count). The lowest BCUT2D eigenvalue weighted by atomic mass is 10.1. The number of nitrogens with zero attached hydrogens (tertiary/aromatic N) is 1. The third-order valence-corrected chi connectivity index (χ3v) is 3.80. The minimum atomic E-state index is -0.405. The standard InChI is InChI=1S/C18H23NO4/c1-2-3-4-5-6-17-21-12-15(13-22-17)18(20)23-16-9-7-14(11-19)8-10-16/h7-10,15,17H,2-6,12-13H2,1H3. The number of ether oxygens (including phenoxy) is 3. The number of nitriles is 1. The van der Waals surface area contributed by atoms with E-state index in [9.17, 15) is 4.79 Å². The molecule has 1 aromatic rings. The molecule has 1 saturated heterocycles. The second-order valence-corrected chi connectivity index (χ2v) is 5.70. The van der Waals surface area contributed by atoms with Crippen molar-refractivity contribution in [2.24, 2.45) is 5.92 Å². The van der Waals surface area contributed by atoms with Crippen molar-refractivity contribution in [2.75, 3.05) is 13.2 Å². The van der Waals surface area contributed by atoms with Gasteiger partial charge in [-0.2, -0.15) is 5.26 Å². The molecule has 0 saturated carbocycles. The Kier molecular flexibility index (Phi) is 7.05. The average Bonchev–Trinajstić information content (AvgIpc) is 2.60. The number of hydrogen-bond donors (Lipinski definition) is 0. The van der Waals surface area contributed by atoms with Gasteiger partial charge in [-0.3, -0.25) is 4.79 Å². The second kappa shape index (κ2) is 9.29. The van der Waals surface area contributed by atoms with Crippen molar-refractivity contribution in [3.63, 3.8) is 0 Å². The fourth-order valence-corrected chi connectivity index (χ4v) is 2.38. The van der Waals surface area contributed by atoms with Crippen LogP contribution in [0.4, 0.5) is 0 Å². The Balaban J connectivity index is 1.71. The van der Waals surface area contributed by atoms with E-state index in [1.807, 2.05) is 6.07 Å². The maximum Gasteiger partial charge on any atom is 0.319 e. The van der Waals surface area contributed by atoms with Crippen molar-refractivity contribution < 1.29 is 19.0 Å². The summed E-state index contributed by atoms with van der Waals surface area (Å²) in [6.07, 6.45) is 5.37. The number of hydrogen-bond acceptors (Lipinski definition) is 5. The van der Waals surface area contributed by atoms with Gasteiger partial charge in [-0.25, -0.2) is 0 Å². The zero-order valence-electron chi connectivity index (χ0n) is 13.5. The third-order valence-electron chi connectivity index (χ3n) is 3.80. The molecular formula is C18H23NO4. The van der Waals surface area contributed by atoms with Crippen molar-refractivity contribution >= 4 is 5.97 Å². The van der Waals surface area contributed by atoms with Crippen LogP contribution in [0.5, 0.6) is 5.75 Å². The summed E-state index contributed by atoms with van der Waals surface area (Å²) >= 11 is 0. The molecule has 5 nitrogen and oxygen atoms in total. The number of esters is 1. The van der Waals surface area contributed by atoms with E-state index in [1.54, 1.807) is 24.3 Å². The van der Waals surface area contributed by atoms with E-state index in [0.717, 1.165) is 12.8 Å². The highest BCUT2D eigenvalue weighted by molar-refractivity contribution is 5.75. The molecule has 0 bridgehead atoms. The monoisotopic (exact) mass is 317 g/mol. The Morgan fingerprint density at radius 2 is 1.91 bits per heavy atom. The van der Waals surface area contributed by atoms with Gasteiger partial charge in [0.05, 0.1) is 24.8 Å². The number of rotatable bonds is 7. The van der Waals surface area contributed by atoms with Gasteiger partial charge in [0.2, 0.25) is 0 Å². The minimum absolute atomic E-state index is 0.203. The van der Waals surface area contributed by atoms with Crippen LogP contribution in [0.25, 0.3) is 0 Å². The van der Waals surface area contributed by atoms with Gasteiger partial charge in [0, 0.05) is 0 Å². The molecule has 1 aromatic carbocycles. The fourth-order valence-electron chi connectivity index (χ4n) is 2.38. The van der Waals surface area contributed by atoms with Gasteiger partial charge in [-0.1, -0.05) is 26.2 Å². The van der Waals surface area contributed by atoms with Crippen LogP contribution < -0.4 is 4.74 Å². The maximum atomic E-state index is 12.1. The topological polar surface area (TPSA) is 68.5 Å². The normalized spacial score (nSPS) is 20.7. The smallest absolute Gasteiger partial charge is 0.319 e. The first kappa shape index (κ1) is 17.5. The van der Waals surface area contributed by atoms with Crippen LogP contribution in [0.3, 0.4) is 0 Å². The molecule has 5 heteroatoms. The molecule has 1 heterocycles. The first-order valence-electron chi connectivity index (χ1n) is 8.18. The summed E-state index contributed by atoms with van der Waals surface area (Å²) in [7, 11) is 0. The highest BCUT2D eigenvalue weighted by Crippen LogP contribution is 2.19. The lowest BCUT2D eigenvalue weighted by Gasteiger charge is -2.28. The Morgan fingerprint density at radius 1 is 1.22 bits per heavy atom. The van der Waals surface area contributed by atoms with Gasteiger partial charge in [0.15, 0.2) is 6.29 Å². The molecule has 0 unspecified atom stereocenters. The van der Waals surface area contributed by atoms with Crippen LogP contribution >= 0.6 is 0 Å². The van der Waals surface area contributed by atoms with Gasteiger partial charge in [0.25, 0.3) is 0 Å². The van der Waals surface area contributed by atoms with Gasteiger partial charge in [-0.15, -0.1) is 0 Å². The molecule has 0 spiro atoms. The molecular weight excluding hydrogens is 294 g/mol. The molecule has 0 aliphatic carbocycles. The maximum absolute atomic E-state index is 12.1. The Labute approximate surface area is 137 Å². The van der Waals surface area contributed by atoms with Crippen LogP contribution in [-0.4, -0.2) is 25.5 Å². The van der Waals surface area contributed by atoms with Crippen LogP contribution in [0.2, 0.25) is 0 Å². The molecule has 1 aliphatic rings. The second-order valence-electron chi connectivity index (χ2n) is 5.70. The Morgan fingerprint density at radius 3 is 2.52 bits per heavy atom. The largest absolute Gasteiger partial charge is 0.426 e. The van der Waals surface area contributed by atoms with Crippen LogP contribution in [0.1, 0.15) is 44.6 Å². The van der Waals surface area contributed by atoms with Gasteiger partial charge < -0.3 is 14.2 Å². The van der Waals surface area contributed by atoms with Crippen molar-refractivity contribution in [3.05, 3.63) is 29.8 Å². The zero-order chi connectivity index (χ0) is 16.5. The molecule has 0 aromatic heterocycles. The average molecular weight is 317 g/mol. The van der Waals surface area contributed by atoms with E-state index in [1.165, 1.54) is 19.3 Å². The highest BCUT2D eigenvalue weighted by atomic mass is 16.7. The predicted molar refractivity (Wildman–Crippen MR) is 84.7 cm³/mol. The lowest BCUT2D eigenvalue weighted by molar-refractivity contribution is -0.208. The van der Waals surface area contributed by atoms with Crippen molar-refractivity contribution in [3.8, 4) is 11.8 Å². The van der Waals surface area contributed by atoms with E-state index >= 15 is 0 Å². The molecule has 0 amide bonds. The third kappa shape index (κ3) is 5.66. The van der Waals surface area contributed by atoms with E-state index in [-0.39, 0.29) is 12.3 Å². The summed E-state index contributed by atoms with van der Waals surface area (Å²) in [6, 6.07) is 8.46. The molecule has 0 radical (unpaired) electrons.